The number of benzene rings is 1. The van der Waals surface area contributed by atoms with Gasteiger partial charge in [-0.05, 0) is 22.4 Å². The zero-order chi connectivity index (χ0) is 8.39. The Labute approximate surface area is 67.8 Å². The summed E-state index contributed by atoms with van der Waals surface area (Å²) in [7, 11) is 0. The van der Waals surface area contributed by atoms with Gasteiger partial charge < -0.3 is 5.73 Å². The molecule has 0 amide bonds. The molecule has 5 nitrogen and oxygen atoms in total. The van der Waals surface area contributed by atoms with Crippen molar-refractivity contribution in [2.75, 3.05) is 0 Å². The van der Waals surface area contributed by atoms with E-state index in [0.29, 0.717) is 10.7 Å². The summed E-state index contributed by atoms with van der Waals surface area (Å²) in [6, 6.07) is 7.24. The number of guanidine groups is 1. The molecule has 0 saturated carbocycles. The van der Waals surface area contributed by atoms with Crippen molar-refractivity contribution >= 4 is 5.96 Å². The molecular weight excluding hydrogens is 156 g/mol. The summed E-state index contributed by atoms with van der Waals surface area (Å²) < 4.78 is 0. The van der Waals surface area contributed by atoms with E-state index in [4.69, 9.17) is 5.73 Å². The fourth-order valence-electron chi connectivity index (χ4n) is 0.886. The van der Waals surface area contributed by atoms with E-state index in [2.05, 4.69) is 20.2 Å². The molecule has 12 heavy (non-hydrogen) atoms. The highest BCUT2D eigenvalue weighted by atomic mass is 16.8. The maximum Gasteiger partial charge on any atom is 0.260 e. The van der Waals surface area contributed by atoms with Crippen LogP contribution in [0.25, 0.3) is 0 Å². The minimum atomic E-state index is 0.0729. The van der Waals surface area contributed by atoms with E-state index >= 15 is 0 Å². The van der Waals surface area contributed by atoms with E-state index in [1.165, 1.54) is 0 Å². The molecule has 0 bridgehead atoms. The molecule has 1 heterocycles. The van der Waals surface area contributed by atoms with Crippen LogP contribution in [-0.2, 0) is 4.94 Å². The SMILES string of the molecule is NC1=NON=c2ccccc2=N1. The van der Waals surface area contributed by atoms with E-state index in [1.54, 1.807) is 12.1 Å². The van der Waals surface area contributed by atoms with Crippen LogP contribution in [0.5, 0.6) is 0 Å². The zero-order valence-corrected chi connectivity index (χ0v) is 6.14. The van der Waals surface area contributed by atoms with Gasteiger partial charge in [0, 0.05) is 0 Å². The molecule has 2 N–H and O–H groups in total. The van der Waals surface area contributed by atoms with Gasteiger partial charge in [0.2, 0.25) is 0 Å². The van der Waals surface area contributed by atoms with E-state index in [-0.39, 0.29) is 5.96 Å². The fraction of sp³-hybridized carbons (Fsp3) is 0. The average Bonchev–Trinajstić information content (AvgIpc) is 2.25. The van der Waals surface area contributed by atoms with E-state index in [9.17, 15) is 0 Å². The van der Waals surface area contributed by atoms with E-state index in [0.717, 1.165) is 0 Å². The first-order valence-corrected chi connectivity index (χ1v) is 3.38. The molecule has 2 rings (SSSR count). The summed E-state index contributed by atoms with van der Waals surface area (Å²) in [6.07, 6.45) is 0. The molecule has 0 aliphatic carbocycles. The van der Waals surface area contributed by atoms with Gasteiger partial charge in [-0.1, -0.05) is 12.1 Å². The number of nitrogens with two attached hydrogens (primary N) is 1. The molecule has 0 atom stereocenters. The topological polar surface area (TPSA) is 72.3 Å². The normalized spacial score (nSPS) is 14.2. The molecule has 0 aromatic heterocycles. The molecule has 0 spiro atoms. The Morgan fingerprint density at radius 2 is 1.83 bits per heavy atom. The van der Waals surface area contributed by atoms with Crippen molar-refractivity contribution in [3.05, 3.63) is 35.0 Å². The summed E-state index contributed by atoms with van der Waals surface area (Å²) in [4.78, 5) is 8.48. The van der Waals surface area contributed by atoms with Crippen molar-refractivity contribution < 1.29 is 4.94 Å². The van der Waals surface area contributed by atoms with Gasteiger partial charge in [0.1, 0.15) is 5.36 Å². The number of fused-ring (bicyclic) bond motifs is 1. The second-order valence-electron chi connectivity index (χ2n) is 2.22. The van der Waals surface area contributed by atoms with Gasteiger partial charge in [-0.25, -0.2) is 9.93 Å². The number of hydrogen-bond donors (Lipinski definition) is 1. The minimum Gasteiger partial charge on any atom is -0.365 e. The Hall–Kier alpha value is -1.91. The second-order valence-corrected chi connectivity index (χ2v) is 2.22. The van der Waals surface area contributed by atoms with Gasteiger partial charge in [0.25, 0.3) is 5.96 Å². The number of oxime groups is 1. The van der Waals surface area contributed by atoms with Crippen LogP contribution in [0.15, 0.2) is 39.6 Å². The van der Waals surface area contributed by atoms with E-state index in [1.807, 2.05) is 12.1 Å². The monoisotopic (exact) mass is 162 g/mol. The molecule has 1 aromatic rings. The lowest BCUT2D eigenvalue weighted by Gasteiger charge is -1.83. The van der Waals surface area contributed by atoms with Crippen LogP contribution < -0.4 is 16.4 Å². The van der Waals surface area contributed by atoms with Crippen LogP contribution in [0.2, 0.25) is 0 Å². The maximum absolute atomic E-state index is 5.35. The average molecular weight is 162 g/mol. The summed E-state index contributed by atoms with van der Waals surface area (Å²) in [5, 5.41) is 8.37. The van der Waals surface area contributed by atoms with Crippen molar-refractivity contribution in [1.82, 2.24) is 0 Å². The predicted octanol–water partition coefficient (Wildman–Crippen LogP) is -0.899. The van der Waals surface area contributed by atoms with Crippen LogP contribution in [0.3, 0.4) is 0 Å². The highest BCUT2D eigenvalue weighted by Crippen LogP contribution is 1.81. The van der Waals surface area contributed by atoms with Crippen molar-refractivity contribution in [3.8, 4) is 0 Å². The Kier molecular flexibility index (Phi) is 1.48. The van der Waals surface area contributed by atoms with Crippen LogP contribution in [0, 0.1) is 0 Å². The van der Waals surface area contributed by atoms with Crippen LogP contribution in [0.4, 0.5) is 0 Å². The van der Waals surface area contributed by atoms with Gasteiger partial charge >= 0.3 is 0 Å². The Bertz CT molecular complexity index is 437. The summed E-state index contributed by atoms with van der Waals surface area (Å²) in [5.74, 6) is 0.0729. The molecule has 0 radical (unpaired) electrons. The van der Waals surface area contributed by atoms with Crippen molar-refractivity contribution in [2.24, 2.45) is 21.0 Å². The van der Waals surface area contributed by atoms with Gasteiger partial charge in [-0.15, -0.1) is 0 Å². The number of rotatable bonds is 0. The Morgan fingerprint density at radius 1 is 1.08 bits per heavy atom. The maximum atomic E-state index is 5.35. The number of para-hydroxylation sites is 1. The Balaban J connectivity index is 2.76. The summed E-state index contributed by atoms with van der Waals surface area (Å²) >= 11 is 0. The molecule has 0 fully saturated rings. The van der Waals surface area contributed by atoms with Crippen molar-refractivity contribution in [3.63, 3.8) is 0 Å². The quantitative estimate of drug-likeness (QED) is 0.537. The molecule has 1 aliphatic heterocycles. The minimum absolute atomic E-state index is 0.0729. The summed E-state index contributed by atoms with van der Waals surface area (Å²) in [6.45, 7) is 0. The first-order valence-electron chi connectivity index (χ1n) is 3.38. The zero-order valence-electron chi connectivity index (χ0n) is 6.14. The summed E-state index contributed by atoms with van der Waals surface area (Å²) in [5.41, 5.74) is 5.35. The lowest BCUT2D eigenvalue weighted by Crippen LogP contribution is -2.26. The van der Waals surface area contributed by atoms with E-state index < -0.39 is 0 Å². The van der Waals surface area contributed by atoms with Crippen molar-refractivity contribution in [1.29, 1.82) is 0 Å². The molecule has 0 unspecified atom stereocenters. The molecule has 1 aromatic carbocycles. The number of nitrogens with zero attached hydrogens (tertiary/aromatic N) is 3. The Morgan fingerprint density at radius 3 is 2.67 bits per heavy atom. The fourth-order valence-corrected chi connectivity index (χ4v) is 0.886. The van der Waals surface area contributed by atoms with Gasteiger partial charge in [-0.2, -0.15) is 0 Å². The molecule has 5 heteroatoms. The molecule has 60 valence electrons. The second kappa shape index (κ2) is 2.61. The molecular formula is C7H6N4O. The molecule has 0 saturated heterocycles. The van der Waals surface area contributed by atoms with Gasteiger partial charge in [-0.3, -0.25) is 0 Å². The van der Waals surface area contributed by atoms with Crippen molar-refractivity contribution in [2.45, 2.75) is 0 Å². The highest BCUT2D eigenvalue weighted by molar-refractivity contribution is 5.78. The standard InChI is InChI=1S/C7H6N4O/c8-7-9-5-3-1-2-4-6(5)10-12-11-7/h1-4H,(H2,8,11). The first kappa shape index (κ1) is 6.78. The van der Waals surface area contributed by atoms with Crippen LogP contribution in [-0.4, -0.2) is 5.96 Å². The first-order chi connectivity index (χ1) is 5.86. The highest BCUT2D eigenvalue weighted by Gasteiger charge is 1.95. The third-order valence-corrected chi connectivity index (χ3v) is 1.39. The molecule has 1 aliphatic rings. The van der Waals surface area contributed by atoms with Crippen LogP contribution in [0.1, 0.15) is 0 Å². The van der Waals surface area contributed by atoms with Gasteiger partial charge in [0.05, 0.1) is 5.36 Å². The lowest BCUT2D eigenvalue weighted by molar-refractivity contribution is 0.144. The lowest BCUT2D eigenvalue weighted by atomic mass is 10.3. The third kappa shape index (κ3) is 1.12. The third-order valence-electron chi connectivity index (χ3n) is 1.39. The van der Waals surface area contributed by atoms with Crippen LogP contribution >= 0.6 is 0 Å². The number of hydrogen-bond acceptors (Lipinski definition) is 5. The largest absolute Gasteiger partial charge is 0.365 e. The smallest absolute Gasteiger partial charge is 0.260 e. The van der Waals surface area contributed by atoms with Gasteiger partial charge in [0.15, 0.2) is 0 Å². The predicted molar refractivity (Wildman–Crippen MR) is 41.5 cm³/mol.